The van der Waals surface area contributed by atoms with Crippen molar-refractivity contribution in [2.75, 3.05) is 6.54 Å². The van der Waals surface area contributed by atoms with Crippen LogP contribution in [-0.4, -0.2) is 17.6 Å². The van der Waals surface area contributed by atoms with Crippen LogP contribution < -0.4 is 5.32 Å². The summed E-state index contributed by atoms with van der Waals surface area (Å²) in [5, 5.41) is 17.1. The molecule has 100 valence electrons. The van der Waals surface area contributed by atoms with Crippen LogP contribution in [0.25, 0.3) is 0 Å². The van der Waals surface area contributed by atoms with Crippen molar-refractivity contribution < 1.29 is 9.90 Å². The third-order valence-electron chi connectivity index (χ3n) is 3.99. The maximum atomic E-state index is 12.2. The van der Waals surface area contributed by atoms with Crippen LogP contribution in [0.3, 0.4) is 0 Å². The Morgan fingerprint density at radius 3 is 2.78 bits per heavy atom. The zero-order valence-electron chi connectivity index (χ0n) is 11.0. The second kappa shape index (κ2) is 5.02. The Labute approximate surface area is 112 Å². The van der Waals surface area contributed by atoms with Crippen molar-refractivity contribution in [1.29, 1.82) is 0 Å². The van der Waals surface area contributed by atoms with Crippen LogP contribution in [0, 0.1) is 5.41 Å². The fourth-order valence-electron chi connectivity index (χ4n) is 2.52. The lowest BCUT2D eigenvalue weighted by atomic mass is 9.87. The fraction of sp³-hybridized carbons (Fsp3) is 0.643. The highest BCUT2D eigenvalue weighted by Gasteiger charge is 2.37. The monoisotopic (exact) mass is 267 g/mol. The predicted octanol–water partition coefficient (Wildman–Crippen LogP) is 2.65. The molecule has 3 nitrogen and oxygen atoms in total. The molecule has 1 atom stereocenters. The van der Waals surface area contributed by atoms with Gasteiger partial charge in [0.15, 0.2) is 0 Å². The molecular formula is C14H21NO2S. The van der Waals surface area contributed by atoms with Crippen molar-refractivity contribution in [3.63, 3.8) is 0 Å². The van der Waals surface area contributed by atoms with Crippen molar-refractivity contribution in [2.45, 2.75) is 45.1 Å². The van der Waals surface area contributed by atoms with E-state index in [1.807, 2.05) is 23.8 Å². The second-order valence-electron chi connectivity index (χ2n) is 5.74. The summed E-state index contributed by atoms with van der Waals surface area (Å²) in [6, 6.07) is 1.90. The highest BCUT2D eigenvalue weighted by atomic mass is 32.1. The van der Waals surface area contributed by atoms with E-state index in [2.05, 4.69) is 5.32 Å². The van der Waals surface area contributed by atoms with Gasteiger partial charge in [0.25, 0.3) is 0 Å². The molecule has 0 aromatic carbocycles. The largest absolute Gasteiger partial charge is 0.384 e. The summed E-state index contributed by atoms with van der Waals surface area (Å²) in [5.74, 6) is 0.0792. The number of amides is 1. The number of carbonyl (C=O) groups is 1. The van der Waals surface area contributed by atoms with Gasteiger partial charge < -0.3 is 10.4 Å². The molecule has 1 amide bonds. The van der Waals surface area contributed by atoms with Gasteiger partial charge in [-0.1, -0.05) is 19.8 Å². The van der Waals surface area contributed by atoms with Crippen LogP contribution in [0.4, 0.5) is 0 Å². The summed E-state index contributed by atoms with van der Waals surface area (Å²) in [5.41, 5.74) is -0.348. The fourth-order valence-corrected chi connectivity index (χ4v) is 3.30. The first-order chi connectivity index (χ1) is 8.44. The lowest BCUT2D eigenvalue weighted by Crippen LogP contribution is -2.44. The van der Waals surface area contributed by atoms with Crippen LogP contribution in [0.2, 0.25) is 0 Å². The molecule has 1 aromatic rings. The maximum Gasteiger partial charge on any atom is 0.226 e. The van der Waals surface area contributed by atoms with Crippen molar-refractivity contribution in [2.24, 2.45) is 5.41 Å². The zero-order chi connectivity index (χ0) is 13.2. The van der Waals surface area contributed by atoms with Gasteiger partial charge in [-0.3, -0.25) is 4.79 Å². The van der Waals surface area contributed by atoms with Gasteiger partial charge in [-0.2, -0.15) is 11.3 Å². The number of thiophene rings is 1. The van der Waals surface area contributed by atoms with Crippen molar-refractivity contribution >= 4 is 17.2 Å². The molecule has 0 aliphatic heterocycles. The second-order valence-corrected chi connectivity index (χ2v) is 6.52. The van der Waals surface area contributed by atoms with Gasteiger partial charge in [0.1, 0.15) is 5.60 Å². The Hall–Kier alpha value is -0.870. The lowest BCUT2D eigenvalue weighted by molar-refractivity contribution is -0.131. The van der Waals surface area contributed by atoms with Crippen LogP contribution in [0.1, 0.15) is 45.1 Å². The third-order valence-corrected chi connectivity index (χ3v) is 4.67. The normalized spacial score (nSPS) is 21.5. The Bertz CT molecular complexity index is 405. The maximum absolute atomic E-state index is 12.2. The minimum absolute atomic E-state index is 0.0792. The van der Waals surface area contributed by atoms with Crippen LogP contribution in [0.5, 0.6) is 0 Å². The average Bonchev–Trinajstić information content (AvgIpc) is 2.97. The molecule has 0 spiro atoms. The molecule has 2 N–H and O–H groups in total. The molecule has 1 aliphatic carbocycles. The van der Waals surface area contributed by atoms with Gasteiger partial charge >= 0.3 is 0 Å². The summed E-state index contributed by atoms with van der Waals surface area (Å²) in [6.07, 6.45) is 4.18. The summed E-state index contributed by atoms with van der Waals surface area (Å²) in [6.45, 7) is 4.04. The number of carbonyl (C=O) groups excluding carboxylic acids is 1. The van der Waals surface area contributed by atoms with Gasteiger partial charge in [-0.05, 0) is 42.2 Å². The molecule has 1 saturated carbocycles. The Kier molecular flexibility index (Phi) is 3.78. The van der Waals surface area contributed by atoms with E-state index < -0.39 is 5.60 Å². The molecule has 4 heteroatoms. The summed E-state index contributed by atoms with van der Waals surface area (Å²) in [4.78, 5) is 12.2. The van der Waals surface area contributed by atoms with E-state index in [-0.39, 0.29) is 17.9 Å². The average molecular weight is 267 g/mol. The summed E-state index contributed by atoms with van der Waals surface area (Å²) >= 11 is 1.55. The molecule has 1 aliphatic rings. The summed E-state index contributed by atoms with van der Waals surface area (Å²) < 4.78 is 0. The highest BCUT2D eigenvalue weighted by molar-refractivity contribution is 7.08. The third kappa shape index (κ3) is 2.75. The Balaban J connectivity index is 1.93. The van der Waals surface area contributed by atoms with E-state index in [0.717, 1.165) is 31.2 Å². The Morgan fingerprint density at radius 2 is 2.22 bits per heavy atom. The zero-order valence-corrected chi connectivity index (χ0v) is 11.8. The highest BCUT2D eigenvalue weighted by Crippen LogP contribution is 2.37. The lowest BCUT2D eigenvalue weighted by Gasteiger charge is -2.27. The number of hydrogen-bond acceptors (Lipinski definition) is 3. The van der Waals surface area contributed by atoms with Gasteiger partial charge in [0.05, 0.1) is 6.54 Å². The molecule has 1 unspecified atom stereocenters. The topological polar surface area (TPSA) is 49.3 Å². The first kappa shape index (κ1) is 13.6. The predicted molar refractivity (Wildman–Crippen MR) is 73.5 cm³/mol. The van der Waals surface area contributed by atoms with Crippen molar-refractivity contribution in [1.82, 2.24) is 5.32 Å². The van der Waals surface area contributed by atoms with E-state index in [0.29, 0.717) is 0 Å². The van der Waals surface area contributed by atoms with E-state index in [9.17, 15) is 9.90 Å². The summed E-state index contributed by atoms with van der Waals surface area (Å²) in [7, 11) is 0. The number of hydrogen-bond donors (Lipinski definition) is 2. The molecule has 18 heavy (non-hydrogen) atoms. The van der Waals surface area contributed by atoms with Crippen LogP contribution in [-0.2, 0) is 10.4 Å². The standard InChI is InChI=1S/C14H21NO2S/c1-13(6-3-4-7-13)12(16)15-10-14(2,17)11-5-8-18-9-11/h5,8-9,17H,3-4,6-7,10H2,1-2H3,(H,15,16). The molecule has 1 aromatic heterocycles. The first-order valence-corrected chi connectivity index (χ1v) is 7.42. The molecule has 0 radical (unpaired) electrons. The molecule has 1 fully saturated rings. The van der Waals surface area contributed by atoms with Gasteiger partial charge in [-0.25, -0.2) is 0 Å². The van der Waals surface area contributed by atoms with Crippen LogP contribution >= 0.6 is 11.3 Å². The van der Waals surface area contributed by atoms with Gasteiger partial charge in [0.2, 0.25) is 5.91 Å². The minimum atomic E-state index is -0.982. The smallest absolute Gasteiger partial charge is 0.226 e. The van der Waals surface area contributed by atoms with E-state index in [4.69, 9.17) is 0 Å². The SMILES string of the molecule is CC1(C(=O)NCC(C)(O)c2ccsc2)CCCC1. The molecule has 1 heterocycles. The number of nitrogens with one attached hydrogen (secondary N) is 1. The van der Waals surface area contributed by atoms with E-state index in [1.165, 1.54) is 0 Å². The molecule has 0 bridgehead atoms. The van der Waals surface area contributed by atoms with E-state index >= 15 is 0 Å². The number of aliphatic hydroxyl groups is 1. The quantitative estimate of drug-likeness (QED) is 0.881. The molecule has 2 rings (SSSR count). The Morgan fingerprint density at radius 1 is 1.56 bits per heavy atom. The molecule has 0 saturated heterocycles. The first-order valence-electron chi connectivity index (χ1n) is 6.47. The number of rotatable bonds is 4. The minimum Gasteiger partial charge on any atom is -0.384 e. The van der Waals surface area contributed by atoms with E-state index in [1.54, 1.807) is 18.3 Å². The van der Waals surface area contributed by atoms with Gasteiger partial charge in [-0.15, -0.1) is 0 Å². The van der Waals surface area contributed by atoms with Crippen molar-refractivity contribution in [3.8, 4) is 0 Å². The van der Waals surface area contributed by atoms with Crippen molar-refractivity contribution in [3.05, 3.63) is 22.4 Å². The molecular weight excluding hydrogens is 246 g/mol. The van der Waals surface area contributed by atoms with Crippen LogP contribution in [0.15, 0.2) is 16.8 Å². The van der Waals surface area contributed by atoms with Gasteiger partial charge in [0, 0.05) is 5.41 Å².